The smallest absolute Gasteiger partial charge is 0.350 e. The van der Waals surface area contributed by atoms with Gasteiger partial charge in [0.05, 0.1) is 18.2 Å². The van der Waals surface area contributed by atoms with Gasteiger partial charge in [0.15, 0.2) is 5.65 Å². The van der Waals surface area contributed by atoms with Crippen molar-refractivity contribution < 1.29 is 0 Å². The van der Waals surface area contributed by atoms with Crippen LogP contribution in [-0.2, 0) is 6.54 Å². The van der Waals surface area contributed by atoms with Gasteiger partial charge in [-0.05, 0) is 36.4 Å². The number of nitrogens with zero attached hydrogens (tertiary/aromatic N) is 4. The second-order valence-corrected chi connectivity index (χ2v) is 4.55. The second-order valence-electron chi connectivity index (χ2n) is 4.55. The first-order valence-electron chi connectivity index (χ1n) is 6.56. The maximum atomic E-state index is 12.1. The predicted octanol–water partition coefficient (Wildman–Crippen LogP) is 1.48. The molecule has 0 unspecified atom stereocenters. The van der Waals surface area contributed by atoms with Crippen molar-refractivity contribution in [1.29, 1.82) is 5.26 Å². The highest BCUT2D eigenvalue weighted by Gasteiger charge is 2.04. The number of nitriles is 1. The zero-order valence-electron chi connectivity index (χ0n) is 11.2. The van der Waals surface area contributed by atoms with Gasteiger partial charge in [-0.2, -0.15) is 5.26 Å². The summed E-state index contributed by atoms with van der Waals surface area (Å²) in [6.07, 6.45) is 1.70. The Balaban J connectivity index is 1.68. The third kappa shape index (κ3) is 2.62. The number of rotatable bonds is 4. The number of anilines is 1. The fourth-order valence-electron chi connectivity index (χ4n) is 2.08. The summed E-state index contributed by atoms with van der Waals surface area (Å²) >= 11 is 0. The van der Waals surface area contributed by atoms with Gasteiger partial charge in [-0.15, -0.1) is 5.10 Å². The minimum atomic E-state index is -0.146. The molecule has 0 bridgehead atoms. The SMILES string of the molecule is N#Cc1ccc(NCCn2nc3ccccn3c2=O)cc1. The van der Waals surface area contributed by atoms with Crippen molar-refractivity contribution in [2.24, 2.45) is 0 Å². The average molecular weight is 279 g/mol. The molecule has 3 rings (SSSR count). The van der Waals surface area contributed by atoms with Gasteiger partial charge in [0.2, 0.25) is 0 Å². The molecule has 104 valence electrons. The summed E-state index contributed by atoms with van der Waals surface area (Å²) < 4.78 is 2.95. The molecule has 0 saturated heterocycles. The van der Waals surface area contributed by atoms with E-state index >= 15 is 0 Å². The Bertz CT molecular complexity index is 854. The van der Waals surface area contributed by atoms with Crippen LogP contribution in [0.3, 0.4) is 0 Å². The van der Waals surface area contributed by atoms with Crippen molar-refractivity contribution in [3.8, 4) is 6.07 Å². The zero-order valence-corrected chi connectivity index (χ0v) is 11.2. The van der Waals surface area contributed by atoms with Crippen LogP contribution in [0.2, 0.25) is 0 Å². The molecule has 0 fully saturated rings. The molecule has 1 N–H and O–H groups in total. The van der Waals surface area contributed by atoms with E-state index in [0.29, 0.717) is 24.3 Å². The molecule has 0 radical (unpaired) electrons. The third-order valence-electron chi connectivity index (χ3n) is 3.16. The van der Waals surface area contributed by atoms with E-state index in [9.17, 15) is 4.79 Å². The topological polar surface area (TPSA) is 75.1 Å². The van der Waals surface area contributed by atoms with Crippen molar-refractivity contribution in [2.45, 2.75) is 6.54 Å². The maximum Gasteiger partial charge on any atom is 0.350 e. The summed E-state index contributed by atoms with van der Waals surface area (Å²) in [7, 11) is 0. The van der Waals surface area contributed by atoms with Crippen LogP contribution in [0.25, 0.3) is 5.65 Å². The molecule has 1 aromatic carbocycles. The highest BCUT2D eigenvalue weighted by atomic mass is 16.2. The molecule has 2 aromatic heterocycles. The Kier molecular flexibility index (Phi) is 3.39. The van der Waals surface area contributed by atoms with Gasteiger partial charge in [-0.1, -0.05) is 6.07 Å². The van der Waals surface area contributed by atoms with Gasteiger partial charge >= 0.3 is 5.69 Å². The lowest BCUT2D eigenvalue weighted by Crippen LogP contribution is -2.24. The number of nitrogens with one attached hydrogen (secondary N) is 1. The molecule has 3 aromatic rings. The van der Waals surface area contributed by atoms with E-state index in [-0.39, 0.29) is 5.69 Å². The van der Waals surface area contributed by atoms with E-state index in [1.54, 1.807) is 30.5 Å². The fourth-order valence-corrected chi connectivity index (χ4v) is 2.08. The summed E-state index contributed by atoms with van der Waals surface area (Å²) in [4.78, 5) is 12.1. The van der Waals surface area contributed by atoms with E-state index in [0.717, 1.165) is 5.69 Å². The first-order valence-corrected chi connectivity index (χ1v) is 6.56. The highest BCUT2D eigenvalue weighted by molar-refractivity contribution is 5.47. The largest absolute Gasteiger partial charge is 0.383 e. The quantitative estimate of drug-likeness (QED) is 0.785. The lowest BCUT2D eigenvalue weighted by Gasteiger charge is -2.05. The number of fused-ring (bicyclic) bond motifs is 1. The van der Waals surface area contributed by atoms with Crippen LogP contribution < -0.4 is 11.0 Å². The lowest BCUT2D eigenvalue weighted by atomic mass is 10.2. The summed E-state index contributed by atoms with van der Waals surface area (Å²) in [5.41, 5.74) is 2.02. The van der Waals surface area contributed by atoms with Crippen molar-refractivity contribution in [1.82, 2.24) is 14.2 Å². The first kappa shape index (κ1) is 12.9. The van der Waals surface area contributed by atoms with E-state index in [1.165, 1.54) is 9.08 Å². The molecule has 0 atom stereocenters. The van der Waals surface area contributed by atoms with E-state index in [4.69, 9.17) is 5.26 Å². The second kappa shape index (κ2) is 5.51. The van der Waals surface area contributed by atoms with E-state index < -0.39 is 0 Å². The van der Waals surface area contributed by atoms with Gasteiger partial charge in [0.1, 0.15) is 0 Å². The van der Waals surface area contributed by atoms with Crippen molar-refractivity contribution in [2.75, 3.05) is 11.9 Å². The van der Waals surface area contributed by atoms with Crippen LogP contribution in [0.15, 0.2) is 53.5 Å². The van der Waals surface area contributed by atoms with Gasteiger partial charge in [0, 0.05) is 18.4 Å². The predicted molar refractivity (Wildman–Crippen MR) is 79.1 cm³/mol. The van der Waals surface area contributed by atoms with Crippen LogP contribution >= 0.6 is 0 Å². The summed E-state index contributed by atoms with van der Waals surface area (Å²) in [6, 6.07) is 14.7. The van der Waals surface area contributed by atoms with Crippen LogP contribution in [0.5, 0.6) is 0 Å². The first-order chi connectivity index (χ1) is 10.3. The van der Waals surface area contributed by atoms with Crippen LogP contribution in [0.4, 0.5) is 5.69 Å². The Labute approximate surface area is 120 Å². The fraction of sp³-hybridized carbons (Fsp3) is 0.133. The van der Waals surface area contributed by atoms with Crippen LogP contribution in [0, 0.1) is 11.3 Å². The average Bonchev–Trinajstić information content (AvgIpc) is 2.85. The normalized spacial score (nSPS) is 10.4. The van der Waals surface area contributed by atoms with E-state index in [2.05, 4.69) is 16.5 Å². The zero-order chi connectivity index (χ0) is 14.7. The number of pyridine rings is 1. The van der Waals surface area contributed by atoms with Crippen molar-refractivity contribution in [3.05, 3.63) is 64.7 Å². The molecule has 6 nitrogen and oxygen atoms in total. The molecule has 0 amide bonds. The van der Waals surface area contributed by atoms with Crippen molar-refractivity contribution in [3.63, 3.8) is 0 Å². The Morgan fingerprint density at radius 1 is 1.19 bits per heavy atom. The van der Waals surface area contributed by atoms with Gasteiger partial charge < -0.3 is 5.32 Å². The lowest BCUT2D eigenvalue weighted by molar-refractivity contribution is 0.614. The summed E-state index contributed by atoms with van der Waals surface area (Å²) in [6.45, 7) is 1.05. The summed E-state index contributed by atoms with van der Waals surface area (Å²) in [5, 5.41) is 16.2. The molecule has 0 aliphatic rings. The standard InChI is InChI=1S/C15H13N5O/c16-11-12-4-6-13(7-5-12)17-8-10-20-15(21)19-9-2-1-3-14(19)18-20/h1-7,9,17H,8,10H2. The molecular weight excluding hydrogens is 266 g/mol. The third-order valence-corrected chi connectivity index (χ3v) is 3.16. The number of benzene rings is 1. The summed E-state index contributed by atoms with van der Waals surface area (Å²) in [5.74, 6) is 0. The minimum Gasteiger partial charge on any atom is -0.383 e. The van der Waals surface area contributed by atoms with Gasteiger partial charge in [-0.25, -0.2) is 9.48 Å². The molecule has 21 heavy (non-hydrogen) atoms. The van der Waals surface area contributed by atoms with Crippen molar-refractivity contribution >= 4 is 11.3 Å². The monoisotopic (exact) mass is 279 g/mol. The number of aromatic nitrogens is 3. The molecule has 0 aliphatic heterocycles. The van der Waals surface area contributed by atoms with Gasteiger partial charge in [0.25, 0.3) is 0 Å². The minimum absolute atomic E-state index is 0.146. The molecule has 0 spiro atoms. The number of hydrogen-bond acceptors (Lipinski definition) is 4. The Hall–Kier alpha value is -3.07. The maximum absolute atomic E-state index is 12.1. The number of hydrogen-bond donors (Lipinski definition) is 1. The molecule has 2 heterocycles. The highest BCUT2D eigenvalue weighted by Crippen LogP contribution is 2.08. The van der Waals surface area contributed by atoms with Crippen LogP contribution in [-0.4, -0.2) is 20.7 Å². The van der Waals surface area contributed by atoms with E-state index in [1.807, 2.05) is 18.2 Å². The molecule has 0 aliphatic carbocycles. The molecular formula is C15H13N5O. The van der Waals surface area contributed by atoms with Crippen LogP contribution in [0.1, 0.15) is 5.56 Å². The molecule has 0 saturated carbocycles. The Morgan fingerprint density at radius 2 is 2.00 bits per heavy atom. The van der Waals surface area contributed by atoms with Gasteiger partial charge in [-0.3, -0.25) is 4.40 Å². The Morgan fingerprint density at radius 3 is 2.71 bits per heavy atom. The molecule has 6 heteroatoms.